The summed E-state index contributed by atoms with van der Waals surface area (Å²) >= 11 is 2.84. The smallest absolute Gasteiger partial charge is 0.405 e. The molecule has 3 N–H and O–H groups in total. The maximum absolute atomic E-state index is 11.9. The van der Waals surface area contributed by atoms with E-state index in [4.69, 9.17) is 5.73 Å². The van der Waals surface area contributed by atoms with Gasteiger partial charge in [-0.1, -0.05) is 0 Å². The fraction of sp³-hybridized carbons (Fsp3) is 0.286. The Bertz CT molecular complexity index is 416. The minimum absolute atomic E-state index is 0.0870. The number of H-pyrrole nitrogens is 1. The van der Waals surface area contributed by atoms with Crippen LogP contribution in [-0.4, -0.2) is 11.3 Å². The third-order valence-electron chi connectivity index (χ3n) is 1.49. The van der Waals surface area contributed by atoms with Crippen LogP contribution in [-0.2, 0) is 6.54 Å². The van der Waals surface area contributed by atoms with Gasteiger partial charge in [-0.3, -0.25) is 4.79 Å². The number of aromatic nitrogens is 1. The Morgan fingerprint density at radius 2 is 2.13 bits per heavy atom. The highest BCUT2D eigenvalue weighted by atomic mass is 79.9. The molecule has 1 rings (SSSR count). The molecule has 0 spiro atoms. The number of halogens is 4. The number of ether oxygens (including phenoxy) is 1. The number of nitrogens with one attached hydrogen (secondary N) is 1. The molecule has 0 unspecified atom stereocenters. The lowest BCUT2D eigenvalue weighted by atomic mass is 10.2. The van der Waals surface area contributed by atoms with Crippen LogP contribution in [0.5, 0.6) is 5.75 Å². The quantitative estimate of drug-likeness (QED) is 0.810. The van der Waals surface area contributed by atoms with Crippen molar-refractivity contribution in [1.82, 2.24) is 4.98 Å². The standard InChI is InChI=1S/C7H6BrF3N2O2/c8-5-1-4(15-7(9,10)11)3(2-12)6(14)13-5/h1H,2,12H2,(H,13,14). The molecule has 0 aromatic carbocycles. The van der Waals surface area contributed by atoms with Gasteiger partial charge in [0.05, 0.1) is 10.2 Å². The van der Waals surface area contributed by atoms with Crippen LogP contribution in [0.4, 0.5) is 13.2 Å². The Hall–Kier alpha value is -1.02. The summed E-state index contributed by atoms with van der Waals surface area (Å²) in [7, 11) is 0. The van der Waals surface area contributed by atoms with Crippen LogP contribution in [0.15, 0.2) is 15.5 Å². The molecule has 15 heavy (non-hydrogen) atoms. The van der Waals surface area contributed by atoms with Gasteiger partial charge in [0, 0.05) is 12.6 Å². The van der Waals surface area contributed by atoms with Crippen molar-refractivity contribution in [2.24, 2.45) is 5.73 Å². The Balaban J connectivity index is 3.21. The second-order valence-electron chi connectivity index (χ2n) is 2.54. The molecular formula is C7H6BrF3N2O2. The molecule has 0 aliphatic heterocycles. The third kappa shape index (κ3) is 3.24. The van der Waals surface area contributed by atoms with E-state index in [0.717, 1.165) is 6.07 Å². The average Bonchev–Trinajstić information content (AvgIpc) is 1.99. The number of rotatable bonds is 2. The first-order valence-corrected chi connectivity index (χ1v) is 4.50. The third-order valence-corrected chi connectivity index (χ3v) is 1.92. The molecule has 4 nitrogen and oxygen atoms in total. The van der Waals surface area contributed by atoms with E-state index in [1.165, 1.54) is 0 Å². The zero-order chi connectivity index (χ0) is 11.6. The van der Waals surface area contributed by atoms with E-state index in [2.05, 4.69) is 25.7 Å². The van der Waals surface area contributed by atoms with Crippen molar-refractivity contribution >= 4 is 15.9 Å². The minimum atomic E-state index is -4.85. The highest BCUT2D eigenvalue weighted by molar-refractivity contribution is 9.10. The summed E-state index contributed by atoms with van der Waals surface area (Å²) < 4.78 is 39.5. The second-order valence-corrected chi connectivity index (χ2v) is 3.40. The summed E-state index contributed by atoms with van der Waals surface area (Å²) in [5.41, 5.74) is 4.17. The van der Waals surface area contributed by atoms with Crippen molar-refractivity contribution in [3.63, 3.8) is 0 Å². The maximum atomic E-state index is 11.9. The largest absolute Gasteiger partial charge is 0.573 e. The van der Waals surface area contributed by atoms with E-state index >= 15 is 0 Å². The first kappa shape index (κ1) is 12.1. The molecular weight excluding hydrogens is 281 g/mol. The lowest BCUT2D eigenvalue weighted by Crippen LogP contribution is -2.23. The molecule has 1 heterocycles. The van der Waals surface area contributed by atoms with Crippen LogP contribution in [0.1, 0.15) is 5.56 Å². The number of aromatic amines is 1. The van der Waals surface area contributed by atoms with Gasteiger partial charge in [-0.2, -0.15) is 0 Å². The number of alkyl halides is 3. The topological polar surface area (TPSA) is 68.1 Å². The molecule has 1 aromatic heterocycles. The predicted octanol–water partition coefficient (Wildman–Crippen LogP) is 1.49. The van der Waals surface area contributed by atoms with Gasteiger partial charge in [-0.05, 0) is 15.9 Å². The fourth-order valence-corrected chi connectivity index (χ4v) is 1.33. The van der Waals surface area contributed by atoms with Crippen LogP contribution >= 0.6 is 15.9 Å². The summed E-state index contributed by atoms with van der Waals surface area (Å²) in [6, 6.07) is 0.997. The monoisotopic (exact) mass is 286 g/mol. The Kier molecular flexibility index (Phi) is 3.40. The first-order chi connectivity index (χ1) is 6.83. The van der Waals surface area contributed by atoms with Crippen molar-refractivity contribution in [2.45, 2.75) is 12.9 Å². The first-order valence-electron chi connectivity index (χ1n) is 3.71. The molecule has 0 aliphatic carbocycles. The van der Waals surface area contributed by atoms with Crippen molar-refractivity contribution in [2.75, 3.05) is 0 Å². The Morgan fingerprint density at radius 3 is 2.60 bits per heavy atom. The zero-order valence-electron chi connectivity index (χ0n) is 7.19. The number of hydrogen-bond acceptors (Lipinski definition) is 3. The van der Waals surface area contributed by atoms with Crippen molar-refractivity contribution < 1.29 is 17.9 Å². The number of nitrogens with two attached hydrogens (primary N) is 1. The molecule has 0 aliphatic rings. The molecule has 0 saturated heterocycles. The summed E-state index contributed by atoms with van der Waals surface area (Å²) in [5.74, 6) is -0.597. The highest BCUT2D eigenvalue weighted by Gasteiger charge is 2.32. The summed E-state index contributed by atoms with van der Waals surface area (Å²) in [5, 5.41) is 0. The number of hydrogen-bond donors (Lipinski definition) is 2. The lowest BCUT2D eigenvalue weighted by molar-refractivity contribution is -0.275. The molecule has 0 atom stereocenters. The molecule has 0 saturated carbocycles. The average molecular weight is 287 g/mol. The molecule has 8 heteroatoms. The van der Waals surface area contributed by atoms with Crippen LogP contribution in [0.3, 0.4) is 0 Å². The van der Waals surface area contributed by atoms with Gasteiger partial charge in [-0.25, -0.2) is 0 Å². The summed E-state index contributed by atoms with van der Waals surface area (Å²) in [6.45, 7) is -0.339. The minimum Gasteiger partial charge on any atom is -0.405 e. The molecule has 0 radical (unpaired) electrons. The van der Waals surface area contributed by atoms with E-state index in [0.29, 0.717) is 0 Å². The molecule has 1 aromatic rings. The van der Waals surface area contributed by atoms with E-state index in [1.54, 1.807) is 0 Å². The summed E-state index contributed by atoms with van der Waals surface area (Å²) in [6.07, 6.45) is -4.85. The maximum Gasteiger partial charge on any atom is 0.573 e. The SMILES string of the molecule is NCc1c(OC(F)(F)F)cc(Br)[nH]c1=O. The Morgan fingerprint density at radius 1 is 1.53 bits per heavy atom. The zero-order valence-corrected chi connectivity index (χ0v) is 8.78. The predicted molar refractivity (Wildman–Crippen MR) is 49.3 cm³/mol. The lowest BCUT2D eigenvalue weighted by Gasteiger charge is -2.11. The van der Waals surface area contributed by atoms with Gasteiger partial charge < -0.3 is 15.5 Å². The van der Waals surface area contributed by atoms with Gasteiger partial charge >= 0.3 is 6.36 Å². The Labute approximate surface area is 90.4 Å². The van der Waals surface area contributed by atoms with Gasteiger partial charge in [0.1, 0.15) is 5.75 Å². The van der Waals surface area contributed by atoms with E-state index < -0.39 is 17.7 Å². The second kappa shape index (κ2) is 4.23. The van der Waals surface area contributed by atoms with Crippen molar-refractivity contribution in [3.8, 4) is 5.75 Å². The molecule has 84 valence electrons. The number of pyridine rings is 1. The van der Waals surface area contributed by atoms with E-state index in [9.17, 15) is 18.0 Å². The van der Waals surface area contributed by atoms with Crippen LogP contribution < -0.4 is 16.0 Å². The fourth-order valence-electron chi connectivity index (χ4n) is 0.943. The van der Waals surface area contributed by atoms with E-state index in [-0.39, 0.29) is 16.7 Å². The van der Waals surface area contributed by atoms with Crippen molar-refractivity contribution in [1.29, 1.82) is 0 Å². The van der Waals surface area contributed by atoms with E-state index in [1.807, 2.05) is 0 Å². The molecule has 0 bridgehead atoms. The van der Waals surface area contributed by atoms with Gasteiger partial charge in [0.25, 0.3) is 5.56 Å². The van der Waals surface area contributed by atoms with Crippen LogP contribution in [0.25, 0.3) is 0 Å². The molecule has 0 amide bonds. The van der Waals surface area contributed by atoms with Gasteiger partial charge in [0.15, 0.2) is 0 Å². The van der Waals surface area contributed by atoms with Gasteiger partial charge in [-0.15, -0.1) is 13.2 Å². The normalized spacial score (nSPS) is 11.5. The summed E-state index contributed by atoms with van der Waals surface area (Å²) in [4.78, 5) is 13.4. The van der Waals surface area contributed by atoms with Crippen molar-refractivity contribution in [3.05, 3.63) is 26.6 Å². The highest BCUT2D eigenvalue weighted by Crippen LogP contribution is 2.25. The van der Waals surface area contributed by atoms with Crippen LogP contribution in [0.2, 0.25) is 0 Å². The van der Waals surface area contributed by atoms with Crippen LogP contribution in [0, 0.1) is 0 Å². The molecule has 0 fully saturated rings. The van der Waals surface area contributed by atoms with Gasteiger partial charge in [0.2, 0.25) is 0 Å².